The van der Waals surface area contributed by atoms with Crippen LogP contribution in [0.3, 0.4) is 0 Å². The molecule has 5 nitrogen and oxygen atoms in total. The van der Waals surface area contributed by atoms with Crippen LogP contribution in [0.1, 0.15) is 31.9 Å². The van der Waals surface area contributed by atoms with Crippen LogP contribution in [0.25, 0.3) is 0 Å². The summed E-state index contributed by atoms with van der Waals surface area (Å²) >= 11 is 0. The first-order valence-corrected chi connectivity index (χ1v) is 6.37. The molecule has 0 amide bonds. The second kappa shape index (κ2) is 5.44. The van der Waals surface area contributed by atoms with Crippen LogP contribution < -0.4 is 0 Å². The van der Waals surface area contributed by atoms with Crippen LogP contribution in [0.5, 0.6) is 0 Å². The largest absolute Gasteiger partial charge is 0.481 e. The Labute approximate surface area is 107 Å². The summed E-state index contributed by atoms with van der Waals surface area (Å²) < 4.78 is 0. The van der Waals surface area contributed by atoms with Gasteiger partial charge in [0.2, 0.25) is 0 Å². The van der Waals surface area contributed by atoms with E-state index in [0.717, 1.165) is 31.5 Å². The van der Waals surface area contributed by atoms with Gasteiger partial charge >= 0.3 is 5.97 Å². The number of rotatable bonds is 5. The Morgan fingerprint density at radius 1 is 1.61 bits per heavy atom. The Balaban J connectivity index is 2.01. The van der Waals surface area contributed by atoms with E-state index in [4.69, 9.17) is 0 Å². The SMILES string of the molecule is CCCC1(C(=O)O)CCN(Cc2ccncn2)C1. The van der Waals surface area contributed by atoms with Crippen molar-refractivity contribution < 1.29 is 9.90 Å². The number of carboxylic acids is 1. The van der Waals surface area contributed by atoms with Gasteiger partial charge in [0.05, 0.1) is 11.1 Å². The Hall–Kier alpha value is -1.49. The fourth-order valence-electron chi connectivity index (χ4n) is 2.70. The van der Waals surface area contributed by atoms with E-state index in [1.807, 2.05) is 13.0 Å². The highest BCUT2D eigenvalue weighted by Crippen LogP contribution is 2.35. The van der Waals surface area contributed by atoms with E-state index in [0.29, 0.717) is 13.1 Å². The van der Waals surface area contributed by atoms with Crippen molar-refractivity contribution in [1.29, 1.82) is 0 Å². The molecule has 0 radical (unpaired) electrons. The molecule has 1 N–H and O–H groups in total. The van der Waals surface area contributed by atoms with Crippen molar-refractivity contribution in [2.45, 2.75) is 32.7 Å². The molecule has 98 valence electrons. The highest BCUT2D eigenvalue weighted by atomic mass is 16.4. The molecule has 1 aliphatic heterocycles. The molecule has 1 aromatic heterocycles. The molecule has 1 saturated heterocycles. The minimum absolute atomic E-state index is 0.554. The minimum Gasteiger partial charge on any atom is -0.481 e. The van der Waals surface area contributed by atoms with Crippen LogP contribution in [0.2, 0.25) is 0 Å². The molecule has 2 rings (SSSR count). The standard InChI is InChI=1S/C13H19N3O2/c1-2-4-13(12(17)18)5-7-16(9-13)8-11-3-6-14-10-15-11/h3,6,10H,2,4-5,7-9H2,1H3,(H,17,18). The van der Waals surface area contributed by atoms with Crippen LogP contribution in [0.15, 0.2) is 18.6 Å². The summed E-state index contributed by atoms with van der Waals surface area (Å²) in [5, 5.41) is 9.43. The predicted octanol–water partition coefficient (Wildman–Crippen LogP) is 1.55. The second-order valence-corrected chi connectivity index (χ2v) is 5.00. The van der Waals surface area contributed by atoms with E-state index in [-0.39, 0.29) is 0 Å². The van der Waals surface area contributed by atoms with Crippen molar-refractivity contribution in [3.05, 3.63) is 24.3 Å². The van der Waals surface area contributed by atoms with E-state index < -0.39 is 11.4 Å². The first-order chi connectivity index (χ1) is 8.66. The van der Waals surface area contributed by atoms with Crippen LogP contribution in [0.4, 0.5) is 0 Å². The highest BCUT2D eigenvalue weighted by molar-refractivity contribution is 5.75. The third kappa shape index (κ3) is 2.67. The van der Waals surface area contributed by atoms with Gasteiger partial charge in [-0.15, -0.1) is 0 Å². The average Bonchev–Trinajstić information content (AvgIpc) is 2.76. The predicted molar refractivity (Wildman–Crippen MR) is 66.9 cm³/mol. The van der Waals surface area contributed by atoms with E-state index >= 15 is 0 Å². The molecule has 5 heteroatoms. The molecule has 0 aliphatic carbocycles. The number of carbonyl (C=O) groups is 1. The first-order valence-electron chi connectivity index (χ1n) is 6.37. The summed E-state index contributed by atoms with van der Waals surface area (Å²) in [6.45, 7) is 4.20. The zero-order valence-electron chi connectivity index (χ0n) is 10.7. The molecule has 1 fully saturated rings. The Bertz CT molecular complexity index is 410. The normalized spacial score (nSPS) is 24.3. The summed E-state index contributed by atoms with van der Waals surface area (Å²) in [5.74, 6) is -0.658. The van der Waals surface area contributed by atoms with Crippen LogP contribution >= 0.6 is 0 Å². The fourth-order valence-corrected chi connectivity index (χ4v) is 2.70. The van der Waals surface area contributed by atoms with E-state index in [1.54, 1.807) is 6.20 Å². The molecule has 2 heterocycles. The highest BCUT2D eigenvalue weighted by Gasteiger charge is 2.43. The molecule has 1 unspecified atom stereocenters. The average molecular weight is 249 g/mol. The van der Waals surface area contributed by atoms with E-state index in [1.165, 1.54) is 6.33 Å². The second-order valence-electron chi connectivity index (χ2n) is 5.00. The number of aromatic nitrogens is 2. The van der Waals surface area contributed by atoms with Gasteiger partial charge in [-0.2, -0.15) is 0 Å². The van der Waals surface area contributed by atoms with Gasteiger partial charge < -0.3 is 5.11 Å². The topological polar surface area (TPSA) is 66.3 Å². The lowest BCUT2D eigenvalue weighted by Crippen LogP contribution is -2.34. The molecule has 0 aromatic carbocycles. The molecule has 1 atom stereocenters. The quantitative estimate of drug-likeness (QED) is 0.857. The molecular weight excluding hydrogens is 230 g/mol. The Kier molecular flexibility index (Phi) is 3.91. The van der Waals surface area contributed by atoms with Crippen molar-refractivity contribution in [2.24, 2.45) is 5.41 Å². The van der Waals surface area contributed by atoms with Gasteiger partial charge in [0.15, 0.2) is 0 Å². The van der Waals surface area contributed by atoms with Gasteiger partial charge in [0, 0.05) is 19.3 Å². The van der Waals surface area contributed by atoms with Crippen molar-refractivity contribution >= 4 is 5.97 Å². The summed E-state index contributed by atoms with van der Waals surface area (Å²) in [4.78, 5) is 21.7. The first kappa shape index (κ1) is 13.0. The third-order valence-corrected chi connectivity index (χ3v) is 3.64. The van der Waals surface area contributed by atoms with Gasteiger partial charge in [-0.05, 0) is 25.5 Å². The van der Waals surface area contributed by atoms with E-state index in [9.17, 15) is 9.90 Å². The van der Waals surface area contributed by atoms with Crippen molar-refractivity contribution in [3.63, 3.8) is 0 Å². The number of nitrogens with zero attached hydrogens (tertiary/aromatic N) is 3. The van der Waals surface area contributed by atoms with E-state index in [2.05, 4.69) is 14.9 Å². The zero-order valence-corrected chi connectivity index (χ0v) is 10.7. The smallest absolute Gasteiger partial charge is 0.310 e. The van der Waals surface area contributed by atoms with Crippen molar-refractivity contribution in [3.8, 4) is 0 Å². The zero-order chi connectivity index (χ0) is 13.0. The summed E-state index contributed by atoms with van der Waals surface area (Å²) in [5.41, 5.74) is 0.393. The molecule has 1 aliphatic rings. The Morgan fingerprint density at radius 3 is 3.06 bits per heavy atom. The fraction of sp³-hybridized carbons (Fsp3) is 0.615. The minimum atomic E-state index is -0.658. The van der Waals surface area contributed by atoms with Crippen molar-refractivity contribution in [2.75, 3.05) is 13.1 Å². The summed E-state index contributed by atoms with van der Waals surface area (Å²) in [7, 11) is 0. The number of carboxylic acid groups (broad SMARTS) is 1. The third-order valence-electron chi connectivity index (χ3n) is 3.64. The number of likely N-dealkylation sites (tertiary alicyclic amines) is 1. The molecule has 1 aromatic rings. The maximum atomic E-state index is 11.5. The summed E-state index contributed by atoms with van der Waals surface area (Å²) in [6, 6.07) is 1.88. The molecule has 0 saturated carbocycles. The maximum absolute atomic E-state index is 11.5. The van der Waals surface area contributed by atoms with Crippen LogP contribution in [-0.4, -0.2) is 39.0 Å². The maximum Gasteiger partial charge on any atom is 0.310 e. The summed E-state index contributed by atoms with van der Waals surface area (Å²) in [6.07, 6.45) is 5.65. The molecule has 0 bridgehead atoms. The molecule has 18 heavy (non-hydrogen) atoms. The van der Waals surface area contributed by atoms with Gasteiger partial charge in [-0.3, -0.25) is 9.69 Å². The lowest BCUT2D eigenvalue weighted by atomic mass is 9.83. The molecule has 0 spiro atoms. The molecular formula is C13H19N3O2. The number of hydrogen-bond donors (Lipinski definition) is 1. The number of hydrogen-bond acceptors (Lipinski definition) is 4. The van der Waals surface area contributed by atoms with Gasteiger partial charge in [0.25, 0.3) is 0 Å². The monoisotopic (exact) mass is 249 g/mol. The van der Waals surface area contributed by atoms with Crippen LogP contribution in [0, 0.1) is 5.41 Å². The van der Waals surface area contributed by atoms with Gasteiger partial charge in [0.1, 0.15) is 6.33 Å². The van der Waals surface area contributed by atoms with Gasteiger partial charge in [-0.25, -0.2) is 9.97 Å². The number of aliphatic carboxylic acids is 1. The van der Waals surface area contributed by atoms with Gasteiger partial charge in [-0.1, -0.05) is 13.3 Å². The lowest BCUT2D eigenvalue weighted by molar-refractivity contribution is -0.148. The lowest BCUT2D eigenvalue weighted by Gasteiger charge is -2.24. The Morgan fingerprint density at radius 2 is 2.44 bits per heavy atom. The van der Waals surface area contributed by atoms with Crippen molar-refractivity contribution in [1.82, 2.24) is 14.9 Å². The van der Waals surface area contributed by atoms with Crippen LogP contribution in [-0.2, 0) is 11.3 Å².